The highest BCUT2D eigenvalue weighted by Crippen LogP contribution is 2.28. The Kier molecular flexibility index (Phi) is 6.70. The standard InChI is InChI=1S/C24H26N2O3S/c1-4-26(5-2)30(28,29)20-16-15-18(3)22(17-20)24(27)25-23-14-10-9-13-21(23)19-11-7-6-8-12-19/h6-17H,4-5H2,1-3H3,(H,25,27). The van der Waals surface area contributed by atoms with Gasteiger partial charge in [-0.15, -0.1) is 0 Å². The molecule has 6 heteroatoms. The summed E-state index contributed by atoms with van der Waals surface area (Å²) in [5.41, 5.74) is 3.61. The van der Waals surface area contributed by atoms with Crippen molar-refractivity contribution in [3.63, 3.8) is 0 Å². The van der Waals surface area contributed by atoms with Crippen molar-refractivity contribution in [2.24, 2.45) is 0 Å². The average molecular weight is 423 g/mol. The van der Waals surface area contributed by atoms with E-state index < -0.39 is 10.0 Å². The van der Waals surface area contributed by atoms with Crippen molar-refractivity contribution in [2.45, 2.75) is 25.7 Å². The van der Waals surface area contributed by atoms with Gasteiger partial charge in [-0.3, -0.25) is 4.79 Å². The SMILES string of the molecule is CCN(CC)S(=O)(=O)c1ccc(C)c(C(=O)Nc2ccccc2-c2ccccc2)c1. The van der Waals surface area contributed by atoms with E-state index in [2.05, 4.69) is 5.32 Å². The van der Waals surface area contributed by atoms with Crippen molar-refractivity contribution in [3.05, 3.63) is 83.9 Å². The lowest BCUT2D eigenvalue weighted by atomic mass is 10.0. The highest BCUT2D eigenvalue weighted by Gasteiger charge is 2.23. The van der Waals surface area contributed by atoms with Crippen molar-refractivity contribution in [3.8, 4) is 11.1 Å². The third kappa shape index (κ3) is 4.45. The summed E-state index contributed by atoms with van der Waals surface area (Å²) >= 11 is 0. The molecule has 0 spiro atoms. The third-order valence-electron chi connectivity index (χ3n) is 5.06. The first kappa shape index (κ1) is 21.7. The summed E-state index contributed by atoms with van der Waals surface area (Å²) in [6.07, 6.45) is 0. The van der Waals surface area contributed by atoms with Gasteiger partial charge in [-0.25, -0.2) is 8.42 Å². The number of nitrogens with one attached hydrogen (secondary N) is 1. The molecule has 3 aromatic rings. The van der Waals surface area contributed by atoms with Gasteiger partial charge in [0.05, 0.1) is 4.90 Å². The molecular formula is C24H26N2O3S. The van der Waals surface area contributed by atoms with E-state index in [1.54, 1.807) is 32.9 Å². The van der Waals surface area contributed by atoms with Crippen LogP contribution in [-0.4, -0.2) is 31.7 Å². The number of nitrogens with zero attached hydrogens (tertiary/aromatic N) is 1. The number of hydrogen-bond donors (Lipinski definition) is 1. The third-order valence-corrected chi connectivity index (χ3v) is 7.10. The van der Waals surface area contributed by atoms with Gasteiger partial charge >= 0.3 is 0 Å². The van der Waals surface area contributed by atoms with Crippen molar-refractivity contribution in [1.29, 1.82) is 0 Å². The first-order chi connectivity index (χ1) is 14.4. The predicted octanol–water partition coefficient (Wildman–Crippen LogP) is 4.94. The maximum atomic E-state index is 13.1. The van der Waals surface area contributed by atoms with E-state index >= 15 is 0 Å². The van der Waals surface area contributed by atoms with Crippen molar-refractivity contribution in [1.82, 2.24) is 4.31 Å². The Labute approximate surface area is 178 Å². The monoisotopic (exact) mass is 422 g/mol. The minimum absolute atomic E-state index is 0.123. The second-order valence-electron chi connectivity index (χ2n) is 6.93. The fourth-order valence-corrected chi connectivity index (χ4v) is 4.85. The maximum absolute atomic E-state index is 13.1. The highest BCUT2D eigenvalue weighted by molar-refractivity contribution is 7.89. The second-order valence-corrected chi connectivity index (χ2v) is 8.87. The number of anilines is 1. The number of carbonyl (C=O) groups is 1. The molecule has 1 N–H and O–H groups in total. The topological polar surface area (TPSA) is 66.5 Å². The molecule has 5 nitrogen and oxygen atoms in total. The first-order valence-electron chi connectivity index (χ1n) is 9.95. The Hall–Kier alpha value is -2.96. The number of benzene rings is 3. The van der Waals surface area contributed by atoms with E-state index in [0.717, 1.165) is 11.1 Å². The van der Waals surface area contributed by atoms with E-state index in [1.165, 1.54) is 10.4 Å². The zero-order valence-corrected chi connectivity index (χ0v) is 18.2. The molecule has 0 saturated heterocycles. The summed E-state index contributed by atoms with van der Waals surface area (Å²) in [7, 11) is -3.64. The summed E-state index contributed by atoms with van der Waals surface area (Å²) in [5, 5.41) is 2.95. The molecular weight excluding hydrogens is 396 g/mol. The molecule has 0 heterocycles. The van der Waals surface area contributed by atoms with Gasteiger partial charge in [0.1, 0.15) is 0 Å². The van der Waals surface area contributed by atoms with Gasteiger partial charge in [0.2, 0.25) is 10.0 Å². The molecule has 0 fully saturated rings. The molecule has 0 atom stereocenters. The number of sulfonamides is 1. The Morgan fingerprint density at radius 1 is 0.900 bits per heavy atom. The molecule has 30 heavy (non-hydrogen) atoms. The Bertz CT molecular complexity index is 1140. The molecule has 0 unspecified atom stereocenters. The summed E-state index contributed by atoms with van der Waals surface area (Å²) in [6.45, 7) is 6.13. The zero-order chi connectivity index (χ0) is 21.7. The van der Waals surface area contributed by atoms with Gasteiger partial charge in [-0.2, -0.15) is 4.31 Å². The van der Waals surface area contributed by atoms with Crippen molar-refractivity contribution in [2.75, 3.05) is 18.4 Å². The van der Waals surface area contributed by atoms with Crippen molar-refractivity contribution >= 4 is 21.6 Å². The molecule has 0 aromatic heterocycles. The van der Waals surface area contributed by atoms with E-state index in [0.29, 0.717) is 29.9 Å². The van der Waals surface area contributed by atoms with Gasteiger partial charge in [-0.05, 0) is 36.2 Å². The lowest BCUT2D eigenvalue weighted by Gasteiger charge is -2.19. The fraction of sp³-hybridized carbons (Fsp3) is 0.208. The summed E-state index contributed by atoms with van der Waals surface area (Å²) in [5.74, 6) is -0.340. The van der Waals surface area contributed by atoms with Gasteiger partial charge < -0.3 is 5.32 Å². The smallest absolute Gasteiger partial charge is 0.255 e. The van der Waals surface area contributed by atoms with Gasteiger partial charge in [0.15, 0.2) is 0 Å². The van der Waals surface area contributed by atoms with E-state index in [1.807, 2.05) is 54.6 Å². The number of aryl methyl sites for hydroxylation is 1. The van der Waals surface area contributed by atoms with Crippen LogP contribution >= 0.6 is 0 Å². The fourth-order valence-electron chi connectivity index (χ4n) is 3.37. The largest absolute Gasteiger partial charge is 0.321 e. The van der Waals surface area contributed by atoms with E-state index in [4.69, 9.17) is 0 Å². The van der Waals surface area contributed by atoms with Crippen LogP contribution < -0.4 is 5.32 Å². The highest BCUT2D eigenvalue weighted by atomic mass is 32.2. The van der Waals surface area contributed by atoms with Crippen LogP contribution in [0.2, 0.25) is 0 Å². The first-order valence-corrected chi connectivity index (χ1v) is 11.4. The van der Waals surface area contributed by atoms with Gasteiger partial charge in [-0.1, -0.05) is 68.4 Å². The number of para-hydroxylation sites is 1. The summed E-state index contributed by atoms with van der Waals surface area (Å²) in [4.78, 5) is 13.2. The molecule has 1 amide bonds. The van der Waals surface area contributed by atoms with E-state index in [-0.39, 0.29) is 10.8 Å². The molecule has 0 aliphatic rings. The van der Waals surface area contributed by atoms with Gasteiger partial charge in [0, 0.05) is 29.9 Å². The van der Waals surface area contributed by atoms with Crippen LogP contribution in [0.5, 0.6) is 0 Å². The molecule has 156 valence electrons. The summed E-state index contributed by atoms with van der Waals surface area (Å²) < 4.78 is 27.1. The molecule has 0 aliphatic heterocycles. The van der Waals surface area contributed by atoms with Gasteiger partial charge in [0.25, 0.3) is 5.91 Å². The van der Waals surface area contributed by atoms with Crippen LogP contribution in [0.25, 0.3) is 11.1 Å². The predicted molar refractivity (Wildman–Crippen MR) is 121 cm³/mol. The van der Waals surface area contributed by atoms with Crippen LogP contribution in [0.1, 0.15) is 29.8 Å². The van der Waals surface area contributed by atoms with Crippen LogP contribution in [0, 0.1) is 6.92 Å². The Morgan fingerprint density at radius 2 is 1.53 bits per heavy atom. The van der Waals surface area contributed by atoms with Crippen LogP contribution in [0.4, 0.5) is 5.69 Å². The van der Waals surface area contributed by atoms with Crippen LogP contribution in [-0.2, 0) is 10.0 Å². The normalized spacial score (nSPS) is 11.5. The minimum atomic E-state index is -3.64. The second kappa shape index (κ2) is 9.24. The number of amides is 1. The maximum Gasteiger partial charge on any atom is 0.255 e. The summed E-state index contributed by atoms with van der Waals surface area (Å²) in [6, 6.07) is 22.0. The number of hydrogen-bond acceptors (Lipinski definition) is 3. The zero-order valence-electron chi connectivity index (χ0n) is 17.4. The molecule has 0 radical (unpaired) electrons. The van der Waals surface area contributed by atoms with Crippen molar-refractivity contribution < 1.29 is 13.2 Å². The lowest BCUT2D eigenvalue weighted by molar-refractivity contribution is 0.102. The van der Waals surface area contributed by atoms with Crippen LogP contribution in [0.15, 0.2) is 77.7 Å². The lowest BCUT2D eigenvalue weighted by Crippen LogP contribution is -2.30. The molecule has 0 saturated carbocycles. The number of rotatable bonds is 7. The average Bonchev–Trinajstić information content (AvgIpc) is 2.75. The number of carbonyl (C=O) groups excluding carboxylic acids is 1. The quantitative estimate of drug-likeness (QED) is 0.586. The molecule has 3 rings (SSSR count). The molecule has 0 aliphatic carbocycles. The van der Waals surface area contributed by atoms with Crippen LogP contribution in [0.3, 0.4) is 0 Å². The molecule has 3 aromatic carbocycles. The Balaban J connectivity index is 1.96. The molecule has 0 bridgehead atoms. The minimum Gasteiger partial charge on any atom is -0.321 e. The van der Waals surface area contributed by atoms with E-state index in [9.17, 15) is 13.2 Å². The Morgan fingerprint density at radius 3 is 2.20 bits per heavy atom.